The van der Waals surface area contributed by atoms with E-state index >= 15 is 0 Å². The second-order valence-corrected chi connectivity index (χ2v) is 5.41. The third-order valence-electron chi connectivity index (χ3n) is 4.06. The van der Waals surface area contributed by atoms with Gasteiger partial charge in [-0.1, -0.05) is 6.92 Å². The zero-order chi connectivity index (χ0) is 13.2. The molecule has 0 radical (unpaired) electrons. The highest BCUT2D eigenvalue weighted by atomic mass is 16.5. The summed E-state index contributed by atoms with van der Waals surface area (Å²) in [5, 5.41) is 3.43. The van der Waals surface area contributed by atoms with Crippen molar-refractivity contribution in [1.82, 2.24) is 15.3 Å². The van der Waals surface area contributed by atoms with Crippen molar-refractivity contribution in [3.63, 3.8) is 0 Å². The Morgan fingerprint density at radius 2 is 2.37 bits per heavy atom. The molecule has 19 heavy (non-hydrogen) atoms. The molecule has 2 unspecified atom stereocenters. The number of aromatic nitrogens is 2. The summed E-state index contributed by atoms with van der Waals surface area (Å²) in [6.45, 7) is 7.95. The molecule has 0 aliphatic carbocycles. The van der Waals surface area contributed by atoms with Crippen molar-refractivity contribution >= 4 is 5.82 Å². The van der Waals surface area contributed by atoms with E-state index in [2.05, 4.69) is 34.0 Å². The zero-order valence-corrected chi connectivity index (χ0v) is 11.7. The first-order valence-corrected chi connectivity index (χ1v) is 7.21. The van der Waals surface area contributed by atoms with Crippen LogP contribution in [0.5, 0.6) is 0 Å². The van der Waals surface area contributed by atoms with Crippen LogP contribution in [0, 0.1) is 0 Å². The first-order valence-electron chi connectivity index (χ1n) is 7.21. The molecule has 0 aromatic carbocycles. The predicted molar refractivity (Wildman–Crippen MR) is 74.3 cm³/mol. The molecule has 1 aromatic rings. The van der Waals surface area contributed by atoms with E-state index in [0.29, 0.717) is 6.04 Å². The van der Waals surface area contributed by atoms with Crippen molar-refractivity contribution in [2.24, 2.45) is 0 Å². The van der Waals surface area contributed by atoms with E-state index in [-0.39, 0.29) is 6.10 Å². The van der Waals surface area contributed by atoms with E-state index in [1.54, 1.807) is 6.33 Å². The van der Waals surface area contributed by atoms with E-state index in [9.17, 15) is 0 Å². The van der Waals surface area contributed by atoms with Gasteiger partial charge in [0.2, 0.25) is 0 Å². The molecule has 5 heteroatoms. The molecule has 0 bridgehead atoms. The maximum absolute atomic E-state index is 5.78. The summed E-state index contributed by atoms with van der Waals surface area (Å²) in [7, 11) is 0. The number of hydrogen-bond acceptors (Lipinski definition) is 5. The van der Waals surface area contributed by atoms with Gasteiger partial charge in [0.1, 0.15) is 12.1 Å². The van der Waals surface area contributed by atoms with Gasteiger partial charge in [-0.15, -0.1) is 0 Å². The van der Waals surface area contributed by atoms with Crippen molar-refractivity contribution in [2.45, 2.75) is 45.4 Å². The molecule has 0 saturated carbocycles. The minimum atomic E-state index is 0.268. The fourth-order valence-electron chi connectivity index (χ4n) is 2.94. The average molecular weight is 262 g/mol. The topological polar surface area (TPSA) is 50.3 Å². The lowest BCUT2D eigenvalue weighted by Crippen LogP contribution is -2.49. The lowest BCUT2D eigenvalue weighted by molar-refractivity contribution is 0.0295. The van der Waals surface area contributed by atoms with Crippen LogP contribution in [0.4, 0.5) is 5.82 Å². The normalized spacial score (nSPS) is 27.2. The van der Waals surface area contributed by atoms with Gasteiger partial charge in [-0.05, 0) is 13.3 Å². The van der Waals surface area contributed by atoms with Crippen LogP contribution >= 0.6 is 0 Å². The van der Waals surface area contributed by atoms with Crippen molar-refractivity contribution in [1.29, 1.82) is 0 Å². The van der Waals surface area contributed by atoms with Crippen LogP contribution in [0.15, 0.2) is 6.33 Å². The zero-order valence-electron chi connectivity index (χ0n) is 11.7. The van der Waals surface area contributed by atoms with Crippen LogP contribution < -0.4 is 10.2 Å². The summed E-state index contributed by atoms with van der Waals surface area (Å²) >= 11 is 0. The molecule has 3 rings (SSSR count). The van der Waals surface area contributed by atoms with Gasteiger partial charge in [-0.2, -0.15) is 0 Å². The second kappa shape index (κ2) is 5.43. The molecule has 1 fully saturated rings. The third kappa shape index (κ3) is 2.44. The van der Waals surface area contributed by atoms with Crippen molar-refractivity contribution in [3.8, 4) is 0 Å². The van der Waals surface area contributed by atoms with Gasteiger partial charge in [0, 0.05) is 31.6 Å². The molecule has 3 heterocycles. The smallest absolute Gasteiger partial charge is 0.137 e. The van der Waals surface area contributed by atoms with Crippen LogP contribution in [0.1, 0.15) is 31.5 Å². The van der Waals surface area contributed by atoms with Gasteiger partial charge in [0.25, 0.3) is 0 Å². The quantitative estimate of drug-likeness (QED) is 0.866. The average Bonchev–Trinajstić information content (AvgIpc) is 2.46. The van der Waals surface area contributed by atoms with E-state index in [0.717, 1.165) is 44.9 Å². The minimum Gasteiger partial charge on any atom is -0.375 e. The van der Waals surface area contributed by atoms with E-state index in [1.165, 1.54) is 11.3 Å². The van der Waals surface area contributed by atoms with Crippen LogP contribution in [0.2, 0.25) is 0 Å². The minimum absolute atomic E-state index is 0.268. The van der Waals surface area contributed by atoms with Crippen molar-refractivity contribution in [3.05, 3.63) is 17.6 Å². The molecule has 104 valence electrons. The number of hydrogen-bond donors (Lipinski definition) is 1. The molecule has 2 aliphatic heterocycles. The largest absolute Gasteiger partial charge is 0.375 e. The van der Waals surface area contributed by atoms with Gasteiger partial charge >= 0.3 is 0 Å². The molecule has 5 nitrogen and oxygen atoms in total. The lowest BCUT2D eigenvalue weighted by Gasteiger charge is -2.40. The van der Waals surface area contributed by atoms with Crippen LogP contribution in [-0.4, -0.2) is 41.8 Å². The number of rotatable bonds is 2. The van der Waals surface area contributed by atoms with Gasteiger partial charge < -0.3 is 15.0 Å². The molecule has 0 amide bonds. The number of fused-ring (bicyclic) bond motifs is 1. The number of nitrogens with zero attached hydrogens (tertiary/aromatic N) is 3. The molecule has 0 spiro atoms. The molecule has 1 N–H and O–H groups in total. The van der Waals surface area contributed by atoms with E-state index in [4.69, 9.17) is 4.74 Å². The SMILES string of the molecule is CCC1COC(C)CN1c1ncnc2c1CNCC2. The summed E-state index contributed by atoms with van der Waals surface area (Å²) in [5.74, 6) is 1.11. The Labute approximate surface area is 114 Å². The highest BCUT2D eigenvalue weighted by molar-refractivity contribution is 5.50. The Morgan fingerprint density at radius 3 is 3.21 bits per heavy atom. The van der Waals surface area contributed by atoms with Crippen molar-refractivity contribution in [2.75, 3.05) is 24.6 Å². The number of ether oxygens (including phenoxy) is 1. The molecule has 2 atom stereocenters. The molecule has 1 aromatic heterocycles. The number of morpholine rings is 1. The Morgan fingerprint density at radius 1 is 1.47 bits per heavy atom. The molecule has 1 saturated heterocycles. The van der Waals surface area contributed by atoms with E-state index < -0.39 is 0 Å². The van der Waals surface area contributed by atoms with Gasteiger partial charge in [0.15, 0.2) is 0 Å². The van der Waals surface area contributed by atoms with Crippen molar-refractivity contribution < 1.29 is 4.74 Å². The highest BCUT2D eigenvalue weighted by Crippen LogP contribution is 2.27. The Bertz CT molecular complexity index is 451. The van der Waals surface area contributed by atoms with Gasteiger partial charge in [-0.3, -0.25) is 0 Å². The molecular weight excluding hydrogens is 240 g/mol. The summed E-state index contributed by atoms with van der Waals surface area (Å²) in [6, 6.07) is 0.428. The third-order valence-corrected chi connectivity index (χ3v) is 4.06. The Kier molecular flexibility index (Phi) is 3.66. The molecular formula is C14H22N4O. The maximum Gasteiger partial charge on any atom is 0.137 e. The van der Waals surface area contributed by atoms with Crippen LogP contribution in [-0.2, 0) is 17.7 Å². The first-order chi connectivity index (χ1) is 9.29. The fourth-order valence-corrected chi connectivity index (χ4v) is 2.94. The predicted octanol–water partition coefficient (Wildman–Crippen LogP) is 1.13. The standard InChI is InChI=1S/C14H22N4O/c1-3-11-8-19-10(2)7-18(11)14-12-6-15-5-4-13(12)16-9-17-14/h9-11,15H,3-8H2,1-2H3. The number of anilines is 1. The number of nitrogens with one attached hydrogen (secondary N) is 1. The van der Waals surface area contributed by atoms with E-state index in [1.807, 2.05) is 0 Å². The fraction of sp³-hybridized carbons (Fsp3) is 0.714. The lowest BCUT2D eigenvalue weighted by atomic mass is 10.0. The summed E-state index contributed by atoms with van der Waals surface area (Å²) < 4.78 is 5.78. The summed E-state index contributed by atoms with van der Waals surface area (Å²) in [5.41, 5.74) is 2.49. The van der Waals surface area contributed by atoms with Gasteiger partial charge in [0.05, 0.1) is 24.4 Å². The van der Waals surface area contributed by atoms with Crippen LogP contribution in [0.25, 0.3) is 0 Å². The Balaban J connectivity index is 1.95. The summed E-state index contributed by atoms with van der Waals surface area (Å²) in [6.07, 6.45) is 4.07. The highest BCUT2D eigenvalue weighted by Gasteiger charge is 2.29. The summed E-state index contributed by atoms with van der Waals surface area (Å²) in [4.78, 5) is 11.4. The van der Waals surface area contributed by atoms with Gasteiger partial charge in [-0.25, -0.2) is 9.97 Å². The molecule has 2 aliphatic rings. The first kappa shape index (κ1) is 12.8. The second-order valence-electron chi connectivity index (χ2n) is 5.41. The van der Waals surface area contributed by atoms with Crippen LogP contribution in [0.3, 0.4) is 0 Å². The maximum atomic E-state index is 5.78. The Hall–Kier alpha value is -1.20. The monoisotopic (exact) mass is 262 g/mol.